The molecule has 0 aliphatic heterocycles. The van der Waals surface area contributed by atoms with Crippen LogP contribution in [0.1, 0.15) is 5.56 Å². The van der Waals surface area contributed by atoms with Crippen LogP contribution in [0, 0.1) is 0 Å². The van der Waals surface area contributed by atoms with Crippen LogP contribution in [0.4, 0.5) is 5.95 Å². The number of aromatic amines is 1. The van der Waals surface area contributed by atoms with Crippen molar-refractivity contribution in [3.63, 3.8) is 0 Å². The average Bonchev–Trinajstić information content (AvgIpc) is 2.90. The number of methoxy groups -OCH3 is 1. The van der Waals surface area contributed by atoms with E-state index in [0.29, 0.717) is 5.95 Å². The third-order valence-electron chi connectivity index (χ3n) is 2.87. The van der Waals surface area contributed by atoms with Gasteiger partial charge in [-0.15, -0.1) is 0 Å². The largest absolute Gasteiger partial charge is 0.497 e. The number of H-pyrrole nitrogens is 1. The van der Waals surface area contributed by atoms with Crippen molar-refractivity contribution in [1.29, 1.82) is 0 Å². The predicted octanol–water partition coefficient (Wildman–Crippen LogP) is 3.02. The lowest BCUT2D eigenvalue weighted by Crippen LogP contribution is -1.92. The van der Waals surface area contributed by atoms with E-state index >= 15 is 0 Å². The summed E-state index contributed by atoms with van der Waals surface area (Å²) in [5.41, 5.74) is 5.72. The lowest BCUT2D eigenvalue weighted by molar-refractivity contribution is 0.415. The molecule has 3 rings (SSSR count). The molecule has 0 aliphatic rings. The van der Waals surface area contributed by atoms with E-state index in [2.05, 4.69) is 20.5 Å². The van der Waals surface area contributed by atoms with E-state index in [1.165, 1.54) is 0 Å². The number of hydrogen-bond donors (Lipinski definition) is 2. The Morgan fingerprint density at radius 2 is 2.10 bits per heavy atom. The van der Waals surface area contributed by atoms with E-state index in [1.807, 2.05) is 48.5 Å². The van der Waals surface area contributed by atoms with Gasteiger partial charge in [-0.3, -0.25) is 0 Å². The smallest absolute Gasteiger partial charge is 0.222 e. The Morgan fingerprint density at radius 1 is 1.20 bits per heavy atom. The minimum atomic E-state index is 0.616. The third kappa shape index (κ3) is 2.61. The molecule has 0 amide bonds. The van der Waals surface area contributed by atoms with Gasteiger partial charge in [-0.1, -0.05) is 24.3 Å². The molecule has 100 valence electrons. The van der Waals surface area contributed by atoms with Crippen molar-refractivity contribution >= 4 is 23.2 Å². The van der Waals surface area contributed by atoms with Crippen LogP contribution in [-0.4, -0.2) is 23.3 Å². The van der Waals surface area contributed by atoms with Crippen LogP contribution in [0.3, 0.4) is 0 Å². The van der Waals surface area contributed by atoms with Gasteiger partial charge in [0.2, 0.25) is 5.95 Å². The Morgan fingerprint density at radius 3 is 2.95 bits per heavy atom. The summed E-state index contributed by atoms with van der Waals surface area (Å²) in [5, 5.41) is 4.16. The maximum atomic E-state index is 5.16. The molecule has 0 unspecified atom stereocenters. The molecule has 5 nitrogen and oxygen atoms in total. The SMILES string of the molecule is COc1cccc(/C=N/Nc2nc3ccccc3[nH]2)c1. The summed E-state index contributed by atoms with van der Waals surface area (Å²) in [6.07, 6.45) is 1.72. The molecule has 0 aliphatic carbocycles. The lowest BCUT2D eigenvalue weighted by Gasteiger charge is -1.99. The van der Waals surface area contributed by atoms with Gasteiger partial charge >= 0.3 is 0 Å². The second kappa shape index (κ2) is 5.44. The van der Waals surface area contributed by atoms with Crippen molar-refractivity contribution < 1.29 is 4.74 Å². The number of nitrogens with one attached hydrogen (secondary N) is 2. The summed E-state index contributed by atoms with van der Waals surface area (Å²) in [6.45, 7) is 0. The van der Waals surface area contributed by atoms with Gasteiger partial charge in [0.15, 0.2) is 0 Å². The molecule has 0 atom stereocenters. The molecular weight excluding hydrogens is 252 g/mol. The Balaban J connectivity index is 1.73. The van der Waals surface area contributed by atoms with Gasteiger partial charge < -0.3 is 9.72 Å². The first-order chi connectivity index (χ1) is 9.85. The molecule has 0 radical (unpaired) electrons. The topological polar surface area (TPSA) is 62.3 Å². The molecule has 1 heterocycles. The summed E-state index contributed by atoms with van der Waals surface area (Å²) in [6, 6.07) is 15.5. The van der Waals surface area contributed by atoms with Crippen molar-refractivity contribution in [1.82, 2.24) is 9.97 Å². The molecule has 3 aromatic rings. The monoisotopic (exact) mass is 266 g/mol. The molecule has 0 bridgehead atoms. The zero-order valence-electron chi connectivity index (χ0n) is 11.0. The van der Waals surface area contributed by atoms with Crippen molar-refractivity contribution in [2.45, 2.75) is 0 Å². The van der Waals surface area contributed by atoms with E-state index in [0.717, 1.165) is 22.3 Å². The summed E-state index contributed by atoms with van der Waals surface area (Å²) in [4.78, 5) is 7.52. The van der Waals surface area contributed by atoms with Crippen molar-refractivity contribution in [2.75, 3.05) is 12.5 Å². The standard InChI is InChI=1S/C15H14N4O/c1-20-12-6-4-5-11(9-12)10-16-19-15-17-13-7-2-3-8-14(13)18-15/h2-10H,1H3,(H2,17,18,19)/b16-10+. The zero-order chi connectivity index (χ0) is 13.8. The fourth-order valence-electron chi connectivity index (χ4n) is 1.90. The van der Waals surface area contributed by atoms with Crippen LogP contribution in [0.2, 0.25) is 0 Å². The Bertz CT molecular complexity index is 715. The maximum Gasteiger partial charge on any atom is 0.222 e. The van der Waals surface area contributed by atoms with Gasteiger partial charge in [0.1, 0.15) is 5.75 Å². The summed E-state index contributed by atoms with van der Waals surface area (Å²) >= 11 is 0. The van der Waals surface area contributed by atoms with E-state index < -0.39 is 0 Å². The number of benzene rings is 2. The van der Waals surface area contributed by atoms with Crippen molar-refractivity contribution in [3.05, 3.63) is 54.1 Å². The number of ether oxygens (including phenoxy) is 1. The normalized spacial score (nSPS) is 11.1. The van der Waals surface area contributed by atoms with Gasteiger partial charge in [0.25, 0.3) is 0 Å². The van der Waals surface area contributed by atoms with Crippen LogP contribution in [0.25, 0.3) is 11.0 Å². The van der Waals surface area contributed by atoms with Gasteiger partial charge in [0, 0.05) is 0 Å². The van der Waals surface area contributed by atoms with Gasteiger partial charge in [0.05, 0.1) is 24.4 Å². The molecule has 1 aromatic heterocycles. The van der Waals surface area contributed by atoms with Crippen LogP contribution in [0.15, 0.2) is 53.6 Å². The first-order valence-electron chi connectivity index (χ1n) is 6.23. The van der Waals surface area contributed by atoms with Crippen LogP contribution >= 0.6 is 0 Å². The highest BCUT2D eigenvalue weighted by Gasteiger charge is 1.99. The third-order valence-corrected chi connectivity index (χ3v) is 2.87. The Labute approximate surface area is 116 Å². The summed E-state index contributed by atoms with van der Waals surface area (Å²) in [5.74, 6) is 1.42. The fraction of sp³-hybridized carbons (Fsp3) is 0.0667. The Kier molecular flexibility index (Phi) is 3.33. The molecule has 0 spiro atoms. The predicted molar refractivity (Wildman–Crippen MR) is 80.3 cm³/mol. The summed E-state index contributed by atoms with van der Waals surface area (Å²) in [7, 11) is 1.64. The maximum absolute atomic E-state index is 5.16. The van der Waals surface area contributed by atoms with Gasteiger partial charge in [-0.05, 0) is 29.8 Å². The number of hydrogen-bond acceptors (Lipinski definition) is 4. The molecule has 5 heteroatoms. The minimum Gasteiger partial charge on any atom is -0.497 e. The van der Waals surface area contributed by atoms with E-state index in [9.17, 15) is 0 Å². The second-order valence-electron chi connectivity index (χ2n) is 4.25. The first-order valence-corrected chi connectivity index (χ1v) is 6.23. The number of aromatic nitrogens is 2. The quantitative estimate of drug-likeness (QED) is 0.563. The minimum absolute atomic E-state index is 0.616. The van der Waals surface area contributed by atoms with Gasteiger partial charge in [-0.2, -0.15) is 5.10 Å². The number of hydrazone groups is 1. The van der Waals surface area contributed by atoms with Gasteiger partial charge in [-0.25, -0.2) is 10.4 Å². The summed E-state index contributed by atoms with van der Waals surface area (Å²) < 4.78 is 5.16. The highest BCUT2D eigenvalue weighted by atomic mass is 16.5. The lowest BCUT2D eigenvalue weighted by atomic mass is 10.2. The number of para-hydroxylation sites is 2. The number of imidazole rings is 1. The Hall–Kier alpha value is -2.82. The molecule has 0 saturated heterocycles. The number of fused-ring (bicyclic) bond motifs is 1. The molecule has 2 aromatic carbocycles. The van der Waals surface area contributed by atoms with Crippen LogP contribution in [-0.2, 0) is 0 Å². The molecule has 2 N–H and O–H groups in total. The first kappa shape index (κ1) is 12.2. The number of anilines is 1. The molecular formula is C15H14N4O. The van der Waals surface area contributed by atoms with Crippen molar-refractivity contribution in [3.8, 4) is 5.75 Å². The highest BCUT2D eigenvalue weighted by Crippen LogP contribution is 2.13. The average molecular weight is 266 g/mol. The van der Waals surface area contributed by atoms with Crippen LogP contribution < -0.4 is 10.2 Å². The van der Waals surface area contributed by atoms with Crippen LogP contribution in [0.5, 0.6) is 5.75 Å². The number of nitrogens with zero attached hydrogens (tertiary/aromatic N) is 2. The van der Waals surface area contributed by atoms with E-state index in [-0.39, 0.29) is 0 Å². The fourth-order valence-corrected chi connectivity index (χ4v) is 1.90. The number of rotatable bonds is 4. The molecule has 0 fully saturated rings. The molecule has 0 saturated carbocycles. The van der Waals surface area contributed by atoms with Crippen molar-refractivity contribution in [2.24, 2.45) is 5.10 Å². The van der Waals surface area contributed by atoms with E-state index in [1.54, 1.807) is 13.3 Å². The molecule has 20 heavy (non-hydrogen) atoms. The zero-order valence-corrected chi connectivity index (χ0v) is 11.0. The highest BCUT2D eigenvalue weighted by molar-refractivity contribution is 5.81. The van der Waals surface area contributed by atoms with E-state index in [4.69, 9.17) is 4.74 Å². The second-order valence-corrected chi connectivity index (χ2v) is 4.25.